The molecule has 116 valence electrons. The number of hydrogen-bond acceptors (Lipinski definition) is 4. The van der Waals surface area contributed by atoms with Crippen LogP contribution in [-0.4, -0.2) is 41.7 Å². The van der Waals surface area contributed by atoms with Crippen molar-refractivity contribution in [1.82, 2.24) is 4.90 Å². The Labute approximate surface area is 125 Å². The number of amides is 1. The molecule has 0 bridgehead atoms. The minimum Gasteiger partial charge on any atom is -0.493 e. The fourth-order valence-electron chi connectivity index (χ4n) is 2.41. The number of nitrogens with zero attached hydrogens (tertiary/aromatic N) is 1. The number of aliphatic hydroxyl groups is 1. The molecule has 1 saturated carbocycles. The molecule has 1 aromatic carbocycles. The van der Waals surface area contributed by atoms with Crippen LogP contribution in [0, 0.1) is 0 Å². The van der Waals surface area contributed by atoms with Crippen molar-refractivity contribution < 1.29 is 14.6 Å². The molecule has 1 aliphatic carbocycles. The Kier molecular flexibility index (Phi) is 5.87. The van der Waals surface area contributed by atoms with Crippen molar-refractivity contribution in [2.75, 3.05) is 25.5 Å². The van der Waals surface area contributed by atoms with Gasteiger partial charge in [-0.2, -0.15) is 0 Å². The molecular formula is C16H24N2O3. The van der Waals surface area contributed by atoms with Gasteiger partial charge in [-0.15, -0.1) is 0 Å². The number of carbonyl (C=O) groups is 1. The van der Waals surface area contributed by atoms with Gasteiger partial charge in [0, 0.05) is 24.9 Å². The second kappa shape index (κ2) is 7.88. The lowest BCUT2D eigenvalue weighted by molar-refractivity contribution is -0.136. The first-order valence-electron chi connectivity index (χ1n) is 7.59. The van der Waals surface area contributed by atoms with Crippen molar-refractivity contribution in [2.24, 2.45) is 0 Å². The first kappa shape index (κ1) is 15.6. The summed E-state index contributed by atoms with van der Waals surface area (Å²) in [5.41, 5.74) is 6.30. The SMILES string of the molecule is Nc1ccc(OCCC(=O)N(CCCO)C2CCC2)cc1. The Hall–Kier alpha value is -1.75. The number of benzene rings is 1. The van der Waals surface area contributed by atoms with E-state index in [9.17, 15) is 4.79 Å². The molecule has 1 amide bonds. The van der Waals surface area contributed by atoms with Gasteiger partial charge in [0.25, 0.3) is 0 Å². The van der Waals surface area contributed by atoms with Gasteiger partial charge in [0.1, 0.15) is 5.75 Å². The Morgan fingerprint density at radius 3 is 2.62 bits per heavy atom. The van der Waals surface area contributed by atoms with Crippen LogP contribution in [0.2, 0.25) is 0 Å². The molecule has 0 spiro atoms. The Morgan fingerprint density at radius 2 is 2.05 bits per heavy atom. The molecule has 0 aliphatic heterocycles. The van der Waals surface area contributed by atoms with E-state index in [4.69, 9.17) is 15.6 Å². The Bertz CT molecular complexity index is 443. The van der Waals surface area contributed by atoms with E-state index in [1.165, 1.54) is 6.42 Å². The normalized spacial score (nSPS) is 14.5. The monoisotopic (exact) mass is 292 g/mol. The molecule has 2 rings (SSSR count). The van der Waals surface area contributed by atoms with Gasteiger partial charge in [0.2, 0.25) is 5.91 Å². The van der Waals surface area contributed by atoms with Crippen LogP contribution in [0.25, 0.3) is 0 Å². The smallest absolute Gasteiger partial charge is 0.226 e. The van der Waals surface area contributed by atoms with E-state index in [-0.39, 0.29) is 12.5 Å². The fourth-order valence-corrected chi connectivity index (χ4v) is 2.41. The summed E-state index contributed by atoms with van der Waals surface area (Å²) in [5.74, 6) is 0.839. The van der Waals surface area contributed by atoms with E-state index < -0.39 is 0 Å². The van der Waals surface area contributed by atoms with E-state index in [0.29, 0.717) is 37.7 Å². The number of hydrogen-bond donors (Lipinski definition) is 2. The van der Waals surface area contributed by atoms with Crippen LogP contribution in [-0.2, 0) is 4.79 Å². The number of aliphatic hydroxyl groups excluding tert-OH is 1. The zero-order chi connectivity index (χ0) is 15.1. The van der Waals surface area contributed by atoms with Crippen LogP contribution < -0.4 is 10.5 Å². The standard InChI is InChI=1S/C16H24N2O3/c17-13-5-7-15(8-6-13)21-12-9-16(20)18(10-2-11-19)14-3-1-4-14/h5-8,14,19H,1-4,9-12,17H2. The highest BCUT2D eigenvalue weighted by Gasteiger charge is 2.27. The van der Waals surface area contributed by atoms with E-state index in [0.717, 1.165) is 18.6 Å². The molecule has 3 N–H and O–H groups in total. The molecule has 1 aliphatic rings. The van der Waals surface area contributed by atoms with E-state index >= 15 is 0 Å². The summed E-state index contributed by atoms with van der Waals surface area (Å²) < 4.78 is 5.57. The minimum absolute atomic E-state index is 0.114. The van der Waals surface area contributed by atoms with Crippen molar-refractivity contribution in [3.05, 3.63) is 24.3 Å². The number of ether oxygens (including phenoxy) is 1. The maximum atomic E-state index is 12.3. The molecule has 5 nitrogen and oxygen atoms in total. The largest absolute Gasteiger partial charge is 0.493 e. The number of rotatable bonds is 8. The number of nitrogen functional groups attached to an aromatic ring is 1. The van der Waals surface area contributed by atoms with Gasteiger partial charge >= 0.3 is 0 Å². The summed E-state index contributed by atoms with van der Waals surface area (Å²) in [6.07, 6.45) is 4.36. The molecular weight excluding hydrogens is 268 g/mol. The Balaban J connectivity index is 1.77. The maximum absolute atomic E-state index is 12.3. The molecule has 0 saturated heterocycles. The summed E-state index contributed by atoms with van der Waals surface area (Å²) in [6, 6.07) is 7.52. The molecule has 0 heterocycles. The Morgan fingerprint density at radius 1 is 1.33 bits per heavy atom. The maximum Gasteiger partial charge on any atom is 0.226 e. The van der Waals surface area contributed by atoms with Gasteiger partial charge in [0.15, 0.2) is 0 Å². The van der Waals surface area contributed by atoms with Crippen molar-refractivity contribution >= 4 is 11.6 Å². The molecule has 21 heavy (non-hydrogen) atoms. The second-order valence-electron chi connectivity index (χ2n) is 5.42. The quantitative estimate of drug-likeness (QED) is 0.716. The van der Waals surface area contributed by atoms with Crippen LogP contribution in [0.4, 0.5) is 5.69 Å². The average molecular weight is 292 g/mol. The first-order valence-corrected chi connectivity index (χ1v) is 7.59. The number of anilines is 1. The zero-order valence-electron chi connectivity index (χ0n) is 12.3. The third-order valence-electron chi connectivity index (χ3n) is 3.86. The summed E-state index contributed by atoms with van der Waals surface area (Å²) in [6.45, 7) is 1.13. The fraction of sp³-hybridized carbons (Fsp3) is 0.562. The molecule has 0 radical (unpaired) electrons. The summed E-state index contributed by atoms with van der Waals surface area (Å²) in [7, 11) is 0. The van der Waals surface area contributed by atoms with Crippen molar-refractivity contribution in [2.45, 2.75) is 38.1 Å². The molecule has 0 atom stereocenters. The molecule has 1 fully saturated rings. The van der Waals surface area contributed by atoms with E-state index in [2.05, 4.69) is 0 Å². The second-order valence-corrected chi connectivity index (χ2v) is 5.42. The zero-order valence-corrected chi connectivity index (χ0v) is 12.3. The van der Waals surface area contributed by atoms with Crippen molar-refractivity contribution in [1.29, 1.82) is 0 Å². The first-order chi connectivity index (χ1) is 10.2. The lowest BCUT2D eigenvalue weighted by Crippen LogP contribution is -2.45. The number of carbonyl (C=O) groups excluding carboxylic acids is 1. The molecule has 0 aromatic heterocycles. The van der Waals surface area contributed by atoms with E-state index in [1.807, 2.05) is 4.90 Å². The van der Waals surface area contributed by atoms with Crippen molar-refractivity contribution in [3.63, 3.8) is 0 Å². The highest BCUT2D eigenvalue weighted by Crippen LogP contribution is 2.25. The van der Waals surface area contributed by atoms with Gasteiger partial charge in [0.05, 0.1) is 13.0 Å². The third kappa shape index (κ3) is 4.63. The molecule has 5 heteroatoms. The predicted octanol–water partition coefficient (Wildman–Crippen LogP) is 1.80. The summed E-state index contributed by atoms with van der Waals surface area (Å²) >= 11 is 0. The van der Waals surface area contributed by atoms with Crippen LogP contribution in [0.3, 0.4) is 0 Å². The summed E-state index contributed by atoms with van der Waals surface area (Å²) in [5, 5.41) is 8.94. The lowest BCUT2D eigenvalue weighted by atomic mass is 9.91. The number of nitrogens with two attached hydrogens (primary N) is 1. The minimum atomic E-state index is 0.114. The van der Waals surface area contributed by atoms with Gasteiger partial charge < -0.3 is 20.5 Å². The highest BCUT2D eigenvalue weighted by atomic mass is 16.5. The summed E-state index contributed by atoms with van der Waals surface area (Å²) in [4.78, 5) is 14.2. The highest BCUT2D eigenvalue weighted by molar-refractivity contribution is 5.76. The van der Waals surface area contributed by atoms with Gasteiger partial charge in [-0.3, -0.25) is 4.79 Å². The third-order valence-corrected chi connectivity index (χ3v) is 3.86. The van der Waals surface area contributed by atoms with Crippen LogP contribution in [0.1, 0.15) is 32.1 Å². The van der Waals surface area contributed by atoms with E-state index in [1.54, 1.807) is 24.3 Å². The van der Waals surface area contributed by atoms with Crippen LogP contribution >= 0.6 is 0 Å². The lowest BCUT2D eigenvalue weighted by Gasteiger charge is -2.37. The average Bonchev–Trinajstić information content (AvgIpc) is 2.43. The van der Waals surface area contributed by atoms with Crippen LogP contribution in [0.15, 0.2) is 24.3 Å². The molecule has 0 unspecified atom stereocenters. The molecule has 1 aromatic rings. The van der Waals surface area contributed by atoms with Gasteiger partial charge in [-0.25, -0.2) is 0 Å². The topological polar surface area (TPSA) is 75.8 Å². The van der Waals surface area contributed by atoms with Crippen LogP contribution in [0.5, 0.6) is 5.75 Å². The van der Waals surface area contributed by atoms with Crippen molar-refractivity contribution in [3.8, 4) is 5.75 Å². The van der Waals surface area contributed by atoms with Gasteiger partial charge in [-0.1, -0.05) is 0 Å². The van der Waals surface area contributed by atoms with Gasteiger partial charge in [-0.05, 0) is 49.9 Å². The predicted molar refractivity (Wildman–Crippen MR) is 82.0 cm³/mol.